The molecule has 0 aliphatic carbocycles. The number of furan rings is 1. The maximum atomic E-state index is 13.1. The number of carbonyl (C=O) groups is 2. The van der Waals surface area contributed by atoms with E-state index in [-0.39, 0.29) is 17.2 Å². The van der Waals surface area contributed by atoms with Gasteiger partial charge in [0.1, 0.15) is 11.4 Å². The molecule has 1 fully saturated rings. The smallest absolute Gasteiger partial charge is 0.265 e. The predicted molar refractivity (Wildman–Crippen MR) is 105 cm³/mol. The van der Waals surface area contributed by atoms with E-state index in [0.717, 1.165) is 18.4 Å². The molecule has 2 aromatic heterocycles. The lowest BCUT2D eigenvalue weighted by Gasteiger charge is -2.28. The molecular formula is C19H24N2O3S2. The van der Waals surface area contributed by atoms with E-state index in [0.29, 0.717) is 17.2 Å². The lowest BCUT2D eigenvalue weighted by atomic mass is 10.2. The van der Waals surface area contributed by atoms with E-state index in [4.69, 9.17) is 4.42 Å². The van der Waals surface area contributed by atoms with Crippen molar-refractivity contribution in [3.05, 3.63) is 46.5 Å². The third-order valence-corrected chi connectivity index (χ3v) is 6.61. The average Bonchev–Trinajstić information content (AvgIpc) is 3.41. The van der Waals surface area contributed by atoms with Crippen molar-refractivity contribution in [1.82, 2.24) is 10.2 Å². The largest absolute Gasteiger partial charge is 0.472 e. The van der Waals surface area contributed by atoms with Gasteiger partial charge < -0.3 is 14.6 Å². The highest BCUT2D eigenvalue weighted by Crippen LogP contribution is 2.42. The van der Waals surface area contributed by atoms with Crippen molar-refractivity contribution in [3.8, 4) is 0 Å². The second-order valence-electron chi connectivity index (χ2n) is 6.30. The summed E-state index contributed by atoms with van der Waals surface area (Å²) in [5.41, 5.74) is 0.915. The molecule has 2 atom stereocenters. The maximum absolute atomic E-state index is 13.1. The monoisotopic (exact) mass is 392 g/mol. The van der Waals surface area contributed by atoms with E-state index in [1.54, 1.807) is 29.2 Å². The molecule has 1 aliphatic heterocycles. The summed E-state index contributed by atoms with van der Waals surface area (Å²) >= 11 is 3.01. The molecule has 5 nitrogen and oxygen atoms in total. The summed E-state index contributed by atoms with van der Waals surface area (Å²) in [5.74, 6) is 0.431. The van der Waals surface area contributed by atoms with Gasteiger partial charge in [-0.15, -0.1) is 23.1 Å². The van der Waals surface area contributed by atoms with Gasteiger partial charge in [0.05, 0.1) is 17.4 Å². The molecule has 2 unspecified atom stereocenters. The minimum Gasteiger partial charge on any atom is -0.472 e. The predicted octanol–water partition coefficient (Wildman–Crippen LogP) is 4.29. The third kappa shape index (κ3) is 4.32. The summed E-state index contributed by atoms with van der Waals surface area (Å²) in [7, 11) is 0. The highest BCUT2D eigenvalue weighted by molar-refractivity contribution is 7.99. The van der Waals surface area contributed by atoms with E-state index in [2.05, 4.69) is 12.2 Å². The molecule has 0 spiro atoms. The highest BCUT2D eigenvalue weighted by atomic mass is 32.2. The van der Waals surface area contributed by atoms with Crippen LogP contribution in [0.5, 0.6) is 0 Å². The number of rotatable bonds is 8. The zero-order chi connectivity index (χ0) is 18.4. The Balaban J connectivity index is 1.71. The number of hydrogen-bond donors (Lipinski definition) is 1. The van der Waals surface area contributed by atoms with Gasteiger partial charge in [-0.05, 0) is 23.9 Å². The summed E-state index contributed by atoms with van der Waals surface area (Å²) in [6.07, 6.45) is 7.70. The molecule has 7 heteroatoms. The fraction of sp³-hybridized carbons (Fsp3) is 0.474. The van der Waals surface area contributed by atoms with E-state index >= 15 is 0 Å². The van der Waals surface area contributed by atoms with E-state index in [1.165, 1.54) is 24.2 Å². The van der Waals surface area contributed by atoms with Crippen LogP contribution in [-0.2, 0) is 4.79 Å². The SMILES string of the molecule is CCCCCCNC(=O)C1CSC(c2ccoc2)N1C(=O)c1cccs1. The van der Waals surface area contributed by atoms with Crippen LogP contribution in [-0.4, -0.2) is 35.1 Å². The molecule has 26 heavy (non-hydrogen) atoms. The van der Waals surface area contributed by atoms with Gasteiger partial charge in [-0.1, -0.05) is 32.3 Å². The van der Waals surface area contributed by atoms with Crippen molar-refractivity contribution in [3.63, 3.8) is 0 Å². The molecule has 0 aromatic carbocycles. The van der Waals surface area contributed by atoms with E-state index in [1.807, 2.05) is 23.6 Å². The van der Waals surface area contributed by atoms with Crippen molar-refractivity contribution >= 4 is 34.9 Å². The quantitative estimate of drug-likeness (QED) is 0.681. The first-order valence-electron chi connectivity index (χ1n) is 9.00. The van der Waals surface area contributed by atoms with Crippen LogP contribution < -0.4 is 5.32 Å². The number of carbonyl (C=O) groups excluding carboxylic acids is 2. The average molecular weight is 393 g/mol. The van der Waals surface area contributed by atoms with Crippen LogP contribution >= 0.6 is 23.1 Å². The van der Waals surface area contributed by atoms with Crippen molar-refractivity contribution < 1.29 is 14.0 Å². The van der Waals surface area contributed by atoms with Gasteiger partial charge in [0.15, 0.2) is 0 Å². The molecule has 2 aromatic rings. The zero-order valence-corrected chi connectivity index (χ0v) is 16.5. The normalized spacial score (nSPS) is 19.7. The molecule has 1 N–H and O–H groups in total. The van der Waals surface area contributed by atoms with Crippen LogP contribution in [0.25, 0.3) is 0 Å². The summed E-state index contributed by atoms with van der Waals surface area (Å²) in [6, 6.07) is 5.07. The second kappa shape index (κ2) is 9.28. The van der Waals surface area contributed by atoms with Crippen molar-refractivity contribution in [2.45, 2.75) is 44.0 Å². The Morgan fingerprint density at radius 1 is 1.31 bits per heavy atom. The molecule has 0 bridgehead atoms. The second-order valence-corrected chi connectivity index (χ2v) is 8.36. The molecule has 3 heterocycles. The van der Waals surface area contributed by atoms with Gasteiger partial charge in [0.25, 0.3) is 5.91 Å². The molecule has 0 saturated carbocycles. The van der Waals surface area contributed by atoms with Crippen LogP contribution in [0.1, 0.15) is 53.2 Å². The summed E-state index contributed by atoms with van der Waals surface area (Å²) in [5, 5.41) is 4.70. The summed E-state index contributed by atoms with van der Waals surface area (Å²) in [4.78, 5) is 28.2. The fourth-order valence-corrected chi connectivity index (χ4v) is 5.11. The maximum Gasteiger partial charge on any atom is 0.265 e. The van der Waals surface area contributed by atoms with Crippen molar-refractivity contribution in [1.29, 1.82) is 0 Å². The minimum absolute atomic E-state index is 0.0649. The molecule has 1 saturated heterocycles. The molecule has 0 radical (unpaired) electrons. The van der Waals surface area contributed by atoms with Gasteiger partial charge in [0.2, 0.25) is 5.91 Å². The first-order chi connectivity index (χ1) is 12.7. The molecule has 140 valence electrons. The molecule has 2 amide bonds. The standard InChI is InChI=1S/C19H24N2O3S2/c1-2-3-4-5-9-20-17(22)15-13-26-19(14-8-10-24-12-14)21(15)18(23)16-7-6-11-25-16/h6-8,10-12,15,19H,2-5,9,13H2,1H3,(H,20,22). The van der Waals surface area contributed by atoms with E-state index in [9.17, 15) is 9.59 Å². The van der Waals surface area contributed by atoms with Gasteiger partial charge in [-0.3, -0.25) is 9.59 Å². The lowest BCUT2D eigenvalue weighted by Crippen LogP contribution is -2.48. The number of nitrogens with zero attached hydrogens (tertiary/aromatic N) is 1. The Labute approximate surface area is 162 Å². The van der Waals surface area contributed by atoms with Crippen LogP contribution in [0.3, 0.4) is 0 Å². The van der Waals surface area contributed by atoms with Crippen LogP contribution in [0, 0.1) is 0 Å². The Hall–Kier alpha value is -1.73. The molecule has 3 rings (SSSR count). The zero-order valence-electron chi connectivity index (χ0n) is 14.8. The number of thioether (sulfide) groups is 1. The Morgan fingerprint density at radius 3 is 2.88 bits per heavy atom. The number of unbranched alkanes of at least 4 members (excludes halogenated alkanes) is 3. The Morgan fingerprint density at radius 2 is 2.19 bits per heavy atom. The first kappa shape index (κ1) is 19.0. The summed E-state index contributed by atoms with van der Waals surface area (Å²) in [6.45, 7) is 2.83. The van der Waals surface area contributed by atoms with Gasteiger partial charge in [0, 0.05) is 17.9 Å². The summed E-state index contributed by atoms with van der Waals surface area (Å²) < 4.78 is 5.19. The molecular weight excluding hydrogens is 368 g/mol. The number of hydrogen-bond acceptors (Lipinski definition) is 5. The van der Waals surface area contributed by atoms with Crippen LogP contribution in [0.15, 0.2) is 40.5 Å². The van der Waals surface area contributed by atoms with Gasteiger partial charge in [-0.25, -0.2) is 0 Å². The van der Waals surface area contributed by atoms with Crippen LogP contribution in [0.2, 0.25) is 0 Å². The highest BCUT2D eigenvalue weighted by Gasteiger charge is 2.43. The molecule has 1 aliphatic rings. The first-order valence-corrected chi connectivity index (χ1v) is 10.9. The minimum atomic E-state index is -0.458. The lowest BCUT2D eigenvalue weighted by molar-refractivity contribution is -0.124. The fourth-order valence-electron chi connectivity index (χ4n) is 3.04. The van der Waals surface area contributed by atoms with Gasteiger partial charge in [-0.2, -0.15) is 0 Å². The number of nitrogens with one attached hydrogen (secondary N) is 1. The topological polar surface area (TPSA) is 62.6 Å². The number of amides is 2. The van der Waals surface area contributed by atoms with Crippen molar-refractivity contribution in [2.75, 3.05) is 12.3 Å². The Kier molecular flexibility index (Phi) is 6.80. The Bertz CT molecular complexity index is 700. The third-order valence-electron chi connectivity index (χ3n) is 4.43. The van der Waals surface area contributed by atoms with Crippen LogP contribution in [0.4, 0.5) is 0 Å². The van der Waals surface area contributed by atoms with E-state index < -0.39 is 6.04 Å². The van der Waals surface area contributed by atoms with Gasteiger partial charge >= 0.3 is 0 Å². The number of thiophene rings is 1. The van der Waals surface area contributed by atoms with Crippen molar-refractivity contribution in [2.24, 2.45) is 0 Å².